The molecule has 1 amide bonds. The number of benzene rings is 1. The molecule has 0 aromatic heterocycles. The Morgan fingerprint density at radius 3 is 2.56 bits per heavy atom. The molecule has 1 heterocycles. The van der Waals surface area contributed by atoms with Crippen molar-refractivity contribution in [3.05, 3.63) is 39.9 Å². The molecule has 1 aromatic carbocycles. The Balaban J connectivity index is 1.98. The number of carbonyl (C=O) groups is 1. The van der Waals surface area contributed by atoms with E-state index in [2.05, 4.69) is 17.9 Å². The van der Waals surface area contributed by atoms with Crippen molar-refractivity contribution in [1.82, 2.24) is 9.62 Å². The van der Waals surface area contributed by atoms with E-state index in [0.717, 1.165) is 0 Å². The Hall–Kier alpha value is -1.89. The highest BCUT2D eigenvalue weighted by Gasteiger charge is 2.31. The lowest BCUT2D eigenvalue weighted by Gasteiger charge is -2.22. The first-order chi connectivity index (χ1) is 11.7. The largest absolute Gasteiger partial charge is 0.444 e. The molecule has 1 aromatic rings. The van der Waals surface area contributed by atoms with E-state index >= 15 is 0 Å². The van der Waals surface area contributed by atoms with Gasteiger partial charge in [0, 0.05) is 30.0 Å². The number of hydrogen-bond acceptors (Lipinski definition) is 8. The number of hydrogen-bond donors (Lipinski definition) is 3. The van der Waals surface area contributed by atoms with Gasteiger partial charge in [0.15, 0.2) is 0 Å². The van der Waals surface area contributed by atoms with Gasteiger partial charge >= 0.3 is 16.3 Å². The highest BCUT2D eigenvalue weighted by atomic mass is 32.2. The lowest BCUT2D eigenvalue weighted by molar-refractivity contribution is -0.384. The van der Waals surface area contributed by atoms with Gasteiger partial charge < -0.3 is 10.1 Å². The molecule has 2 rings (SSSR count). The second kappa shape index (κ2) is 7.99. The summed E-state index contributed by atoms with van der Waals surface area (Å²) in [5.74, 6) is 0. The molecule has 1 aliphatic rings. The van der Waals surface area contributed by atoms with Crippen molar-refractivity contribution in [1.29, 1.82) is 0 Å². The van der Waals surface area contributed by atoms with Crippen LogP contribution in [0.2, 0.25) is 0 Å². The Kier molecular flexibility index (Phi) is 6.21. The summed E-state index contributed by atoms with van der Waals surface area (Å²) in [4.78, 5) is 22.1. The van der Waals surface area contributed by atoms with Crippen LogP contribution in [0.1, 0.15) is 12.0 Å². The first-order valence-electron chi connectivity index (χ1n) is 7.29. The summed E-state index contributed by atoms with van der Waals surface area (Å²) in [7, 11) is -4.29. The maximum atomic E-state index is 12.1. The average molecular weight is 390 g/mol. The topological polar surface area (TPSA) is 145 Å². The van der Waals surface area contributed by atoms with Gasteiger partial charge in [-0.2, -0.15) is 25.4 Å². The number of carbonyl (C=O) groups excluding carboxylic acids is 1. The van der Waals surface area contributed by atoms with Crippen molar-refractivity contribution in [2.75, 3.05) is 13.1 Å². The second-order valence-corrected chi connectivity index (χ2v) is 7.75. The number of ether oxygens (including phenoxy) is 1. The van der Waals surface area contributed by atoms with Crippen LogP contribution in [0, 0.1) is 10.1 Å². The molecule has 12 heteroatoms. The Morgan fingerprint density at radius 2 is 2.08 bits per heavy atom. The van der Waals surface area contributed by atoms with Gasteiger partial charge in [0.1, 0.15) is 6.61 Å². The maximum absolute atomic E-state index is 12.1. The monoisotopic (exact) mass is 390 g/mol. The fourth-order valence-corrected chi connectivity index (χ4v) is 3.36. The second-order valence-electron chi connectivity index (χ2n) is 5.55. The molecule has 2 atom stereocenters. The summed E-state index contributed by atoms with van der Waals surface area (Å²) in [5, 5.41) is 18.8. The molecule has 1 aliphatic heterocycles. The van der Waals surface area contributed by atoms with Crippen LogP contribution in [0.5, 0.6) is 0 Å². The van der Waals surface area contributed by atoms with E-state index < -0.39 is 21.2 Å². The molecule has 0 spiro atoms. The summed E-state index contributed by atoms with van der Waals surface area (Å²) in [6.45, 7) is 0.204. The van der Waals surface area contributed by atoms with Gasteiger partial charge in [-0.05, 0) is 24.1 Å². The van der Waals surface area contributed by atoms with E-state index in [9.17, 15) is 23.3 Å². The number of nitrogens with two attached hydrogens (primary N) is 1. The molecule has 10 nitrogen and oxygen atoms in total. The molecule has 1 fully saturated rings. The molecule has 0 radical (unpaired) electrons. The third kappa shape index (κ3) is 5.56. The first kappa shape index (κ1) is 19.4. The summed E-state index contributed by atoms with van der Waals surface area (Å²) in [6, 6.07) is 5.09. The van der Waals surface area contributed by atoms with Gasteiger partial charge in [0.2, 0.25) is 0 Å². The number of rotatable bonds is 6. The van der Waals surface area contributed by atoms with Crippen LogP contribution in [0.25, 0.3) is 0 Å². The smallest absolute Gasteiger partial charge is 0.424 e. The highest BCUT2D eigenvalue weighted by molar-refractivity contribution is 7.87. The third-order valence-corrected chi connectivity index (χ3v) is 4.91. The standard InChI is InChI=1S/C13H18N4O6S2/c14-25(21,22)16(7-10-5-12(24)6-15-10)13(18)23-8-9-1-3-11(4-2-9)17(19)20/h1-4,10,12,15,24H,5-8H2,(H2,14,21,22)/t10-,12-/m0/s1. The lowest BCUT2D eigenvalue weighted by Crippen LogP contribution is -2.47. The van der Waals surface area contributed by atoms with E-state index in [1.807, 2.05) is 0 Å². The third-order valence-electron chi connectivity index (χ3n) is 3.61. The molecule has 0 unspecified atom stereocenters. The Morgan fingerprint density at radius 1 is 1.44 bits per heavy atom. The van der Waals surface area contributed by atoms with E-state index in [1.165, 1.54) is 24.3 Å². The lowest BCUT2D eigenvalue weighted by atomic mass is 10.2. The molecule has 25 heavy (non-hydrogen) atoms. The van der Waals surface area contributed by atoms with Crippen LogP contribution in [-0.4, -0.2) is 48.1 Å². The zero-order valence-corrected chi connectivity index (χ0v) is 14.8. The molecule has 3 N–H and O–H groups in total. The predicted molar refractivity (Wildman–Crippen MR) is 92.3 cm³/mol. The minimum Gasteiger partial charge on any atom is -0.444 e. The van der Waals surface area contributed by atoms with E-state index in [4.69, 9.17) is 9.88 Å². The Bertz CT molecular complexity index is 739. The zero-order valence-electron chi connectivity index (χ0n) is 13.1. The number of non-ortho nitro benzene ring substituents is 1. The fourth-order valence-electron chi connectivity index (χ4n) is 2.35. The van der Waals surface area contributed by atoms with Crippen molar-refractivity contribution < 1.29 is 22.9 Å². The van der Waals surface area contributed by atoms with Crippen molar-refractivity contribution >= 4 is 34.6 Å². The summed E-state index contributed by atoms with van der Waals surface area (Å²) in [5.41, 5.74) is 0.373. The van der Waals surface area contributed by atoms with Gasteiger partial charge in [-0.15, -0.1) is 0 Å². The minimum atomic E-state index is -4.29. The summed E-state index contributed by atoms with van der Waals surface area (Å²) in [6.07, 6.45) is -0.518. The SMILES string of the molecule is NS(=O)(=O)N(C[C@@H]1C[C@H](S)CN1)C(=O)OCc1ccc([N+](=O)[O-])cc1. The van der Waals surface area contributed by atoms with Gasteiger partial charge in [0.25, 0.3) is 5.69 Å². The Labute approximate surface area is 150 Å². The van der Waals surface area contributed by atoms with Crippen LogP contribution >= 0.6 is 12.6 Å². The zero-order chi connectivity index (χ0) is 18.6. The van der Waals surface area contributed by atoms with Crippen LogP contribution in [0.3, 0.4) is 0 Å². The van der Waals surface area contributed by atoms with Gasteiger partial charge in [-0.3, -0.25) is 10.1 Å². The summed E-state index contributed by atoms with van der Waals surface area (Å²) < 4.78 is 28.7. The van der Waals surface area contributed by atoms with Crippen molar-refractivity contribution in [3.8, 4) is 0 Å². The van der Waals surface area contributed by atoms with E-state index in [-0.39, 0.29) is 30.1 Å². The normalized spacial score (nSPS) is 20.2. The van der Waals surface area contributed by atoms with Gasteiger partial charge in [-0.25, -0.2) is 9.93 Å². The van der Waals surface area contributed by atoms with Crippen molar-refractivity contribution in [2.24, 2.45) is 5.14 Å². The van der Waals surface area contributed by atoms with Gasteiger partial charge in [0.05, 0.1) is 11.5 Å². The van der Waals surface area contributed by atoms with Crippen LogP contribution in [0.15, 0.2) is 24.3 Å². The maximum Gasteiger partial charge on any atom is 0.424 e. The van der Waals surface area contributed by atoms with Crippen LogP contribution in [0.4, 0.5) is 10.5 Å². The molecule has 1 saturated heterocycles. The highest BCUT2D eigenvalue weighted by Crippen LogP contribution is 2.16. The van der Waals surface area contributed by atoms with E-state index in [0.29, 0.717) is 22.8 Å². The number of nitrogens with one attached hydrogen (secondary N) is 1. The van der Waals surface area contributed by atoms with Gasteiger partial charge in [-0.1, -0.05) is 0 Å². The van der Waals surface area contributed by atoms with Crippen LogP contribution < -0.4 is 10.5 Å². The number of nitrogens with zero attached hydrogens (tertiary/aromatic N) is 2. The fraction of sp³-hybridized carbons (Fsp3) is 0.462. The molecule has 138 valence electrons. The number of amides is 1. The summed E-state index contributed by atoms with van der Waals surface area (Å²) >= 11 is 4.28. The first-order valence-corrected chi connectivity index (χ1v) is 9.31. The number of thiol groups is 1. The molecular formula is C13H18N4O6S2. The minimum absolute atomic E-state index is 0.0726. The molecule has 0 bridgehead atoms. The molecule has 0 aliphatic carbocycles. The average Bonchev–Trinajstić information content (AvgIpc) is 2.95. The quantitative estimate of drug-likeness (QED) is 0.362. The molecular weight excluding hydrogens is 372 g/mol. The van der Waals surface area contributed by atoms with Crippen molar-refractivity contribution in [3.63, 3.8) is 0 Å². The molecule has 0 saturated carbocycles. The number of nitro groups is 1. The van der Waals surface area contributed by atoms with Crippen LogP contribution in [-0.2, 0) is 21.6 Å². The number of nitro benzene ring substituents is 1. The van der Waals surface area contributed by atoms with Crippen molar-refractivity contribution in [2.45, 2.75) is 24.3 Å². The van der Waals surface area contributed by atoms with E-state index in [1.54, 1.807) is 0 Å². The predicted octanol–water partition coefficient (Wildman–Crippen LogP) is 0.397.